The van der Waals surface area contributed by atoms with E-state index in [1.807, 2.05) is 6.92 Å². The van der Waals surface area contributed by atoms with E-state index in [1.165, 1.54) is 0 Å². The fourth-order valence-electron chi connectivity index (χ4n) is 2.39. The zero-order chi connectivity index (χ0) is 11.8. The van der Waals surface area contributed by atoms with E-state index in [0.29, 0.717) is 24.8 Å². The molecule has 1 aromatic carbocycles. The number of ketones is 1. The summed E-state index contributed by atoms with van der Waals surface area (Å²) < 4.78 is 13.7. The Morgan fingerprint density at radius 1 is 1.50 bits per heavy atom. The van der Waals surface area contributed by atoms with Gasteiger partial charge >= 0.3 is 0 Å². The van der Waals surface area contributed by atoms with Crippen molar-refractivity contribution in [2.24, 2.45) is 5.41 Å². The summed E-state index contributed by atoms with van der Waals surface area (Å²) in [4.78, 5) is 11.3. The molecule has 2 rings (SSSR count). The number of carbonyl (C=O) groups is 1. The first-order valence-corrected chi connectivity index (χ1v) is 5.83. The molecule has 0 aromatic heterocycles. The molecular weight excluding hydrogens is 227 g/mol. The van der Waals surface area contributed by atoms with Crippen molar-refractivity contribution in [3.63, 3.8) is 0 Å². The molecule has 86 valence electrons. The van der Waals surface area contributed by atoms with Gasteiger partial charge in [-0.15, -0.1) is 0 Å². The highest BCUT2D eigenvalue weighted by atomic mass is 35.5. The Balaban J connectivity index is 2.21. The molecule has 0 aliphatic heterocycles. The third kappa shape index (κ3) is 2.27. The minimum Gasteiger partial charge on any atom is -0.300 e. The Bertz CT molecular complexity index is 430. The fourth-order valence-corrected chi connectivity index (χ4v) is 2.58. The van der Waals surface area contributed by atoms with Crippen LogP contribution < -0.4 is 0 Å². The van der Waals surface area contributed by atoms with Crippen LogP contribution in [0.4, 0.5) is 4.39 Å². The molecule has 1 unspecified atom stereocenters. The highest BCUT2D eigenvalue weighted by Gasteiger charge is 2.34. The number of Topliss-reactive ketones (excluding diaryl/α,β-unsaturated/α-hetero) is 1. The molecule has 1 nitrogen and oxygen atoms in total. The van der Waals surface area contributed by atoms with Crippen molar-refractivity contribution in [2.45, 2.75) is 32.6 Å². The van der Waals surface area contributed by atoms with Gasteiger partial charge in [-0.1, -0.05) is 30.7 Å². The van der Waals surface area contributed by atoms with Gasteiger partial charge in [-0.25, -0.2) is 4.39 Å². The maximum Gasteiger partial charge on any atom is 0.144 e. The summed E-state index contributed by atoms with van der Waals surface area (Å²) in [5.74, 6) is -0.0605. The smallest absolute Gasteiger partial charge is 0.144 e. The molecule has 0 amide bonds. The molecule has 0 spiro atoms. The van der Waals surface area contributed by atoms with Gasteiger partial charge in [0.1, 0.15) is 11.6 Å². The van der Waals surface area contributed by atoms with Crippen LogP contribution in [0, 0.1) is 11.2 Å². The SMILES string of the molecule is CC1(Cc2cccc(Cl)c2F)CCC(=O)C1. The Morgan fingerprint density at radius 2 is 2.25 bits per heavy atom. The zero-order valence-electron chi connectivity index (χ0n) is 9.22. The summed E-state index contributed by atoms with van der Waals surface area (Å²) in [6.07, 6.45) is 2.61. The van der Waals surface area contributed by atoms with Crippen molar-refractivity contribution in [3.05, 3.63) is 34.6 Å². The van der Waals surface area contributed by atoms with Gasteiger partial charge in [0.15, 0.2) is 0 Å². The predicted molar refractivity (Wildman–Crippen MR) is 62.1 cm³/mol. The van der Waals surface area contributed by atoms with Crippen LogP contribution in [0.1, 0.15) is 31.7 Å². The number of benzene rings is 1. The molecule has 3 heteroatoms. The van der Waals surface area contributed by atoms with E-state index in [1.54, 1.807) is 18.2 Å². The molecular formula is C13H14ClFO. The number of carbonyl (C=O) groups excluding carboxylic acids is 1. The number of halogens is 2. The normalized spacial score (nSPS) is 25.1. The number of rotatable bonds is 2. The van der Waals surface area contributed by atoms with E-state index in [4.69, 9.17) is 11.6 Å². The summed E-state index contributed by atoms with van der Waals surface area (Å²) in [5.41, 5.74) is 0.521. The molecule has 0 N–H and O–H groups in total. The van der Waals surface area contributed by atoms with E-state index in [2.05, 4.69) is 0 Å². The third-order valence-electron chi connectivity index (χ3n) is 3.28. The van der Waals surface area contributed by atoms with Gasteiger partial charge in [-0.3, -0.25) is 4.79 Å². The first-order valence-electron chi connectivity index (χ1n) is 5.45. The van der Waals surface area contributed by atoms with Crippen LogP contribution in [0.2, 0.25) is 5.02 Å². The van der Waals surface area contributed by atoms with Gasteiger partial charge in [0, 0.05) is 12.8 Å². The fraction of sp³-hybridized carbons (Fsp3) is 0.462. The van der Waals surface area contributed by atoms with E-state index in [9.17, 15) is 9.18 Å². The highest BCUT2D eigenvalue weighted by Crippen LogP contribution is 2.39. The molecule has 1 saturated carbocycles. The second-order valence-electron chi connectivity index (χ2n) is 4.92. The molecule has 0 heterocycles. The number of hydrogen-bond donors (Lipinski definition) is 0. The lowest BCUT2D eigenvalue weighted by Gasteiger charge is -2.22. The quantitative estimate of drug-likeness (QED) is 0.769. The number of hydrogen-bond acceptors (Lipinski definition) is 1. The monoisotopic (exact) mass is 240 g/mol. The van der Waals surface area contributed by atoms with Gasteiger partial charge in [0.05, 0.1) is 5.02 Å². The summed E-state index contributed by atoms with van der Waals surface area (Å²) in [6.45, 7) is 2.04. The van der Waals surface area contributed by atoms with Gasteiger partial charge in [-0.2, -0.15) is 0 Å². The summed E-state index contributed by atoms with van der Waals surface area (Å²) in [7, 11) is 0. The predicted octanol–water partition coefficient (Wildman–Crippen LogP) is 3.78. The maximum atomic E-state index is 13.7. The molecule has 1 aromatic rings. The standard InChI is InChI=1S/C13H14ClFO/c1-13(6-5-10(16)8-13)7-9-3-2-4-11(14)12(9)15/h2-4H,5-8H2,1H3. The van der Waals surface area contributed by atoms with Crippen LogP contribution >= 0.6 is 11.6 Å². The van der Waals surface area contributed by atoms with Crippen LogP contribution in [-0.2, 0) is 11.2 Å². The van der Waals surface area contributed by atoms with Crippen LogP contribution in [0.5, 0.6) is 0 Å². The Morgan fingerprint density at radius 3 is 2.88 bits per heavy atom. The average molecular weight is 241 g/mol. The van der Waals surface area contributed by atoms with Crippen LogP contribution in [-0.4, -0.2) is 5.78 Å². The first kappa shape index (κ1) is 11.6. The Hall–Kier alpha value is -0.890. The second kappa shape index (κ2) is 4.17. The van der Waals surface area contributed by atoms with E-state index in [0.717, 1.165) is 6.42 Å². The van der Waals surface area contributed by atoms with Crippen molar-refractivity contribution >= 4 is 17.4 Å². The first-order chi connectivity index (χ1) is 7.50. The molecule has 1 aliphatic carbocycles. The van der Waals surface area contributed by atoms with Crippen LogP contribution in [0.3, 0.4) is 0 Å². The lowest BCUT2D eigenvalue weighted by molar-refractivity contribution is -0.117. The maximum absolute atomic E-state index is 13.7. The average Bonchev–Trinajstić information content (AvgIpc) is 2.54. The Kier molecular flexibility index (Phi) is 3.02. The molecule has 0 saturated heterocycles. The highest BCUT2D eigenvalue weighted by molar-refractivity contribution is 6.30. The lowest BCUT2D eigenvalue weighted by Crippen LogP contribution is -2.16. The summed E-state index contributed by atoms with van der Waals surface area (Å²) in [6, 6.07) is 5.04. The largest absolute Gasteiger partial charge is 0.300 e. The lowest BCUT2D eigenvalue weighted by atomic mass is 9.82. The second-order valence-corrected chi connectivity index (χ2v) is 5.32. The molecule has 1 aliphatic rings. The van der Waals surface area contributed by atoms with Crippen molar-refractivity contribution in [3.8, 4) is 0 Å². The van der Waals surface area contributed by atoms with Gasteiger partial charge in [-0.05, 0) is 29.9 Å². The van der Waals surface area contributed by atoms with Crippen LogP contribution in [0.15, 0.2) is 18.2 Å². The van der Waals surface area contributed by atoms with Gasteiger partial charge in [0.25, 0.3) is 0 Å². The summed E-state index contributed by atoms with van der Waals surface area (Å²) >= 11 is 5.73. The van der Waals surface area contributed by atoms with Gasteiger partial charge in [0.2, 0.25) is 0 Å². The van der Waals surface area contributed by atoms with Crippen molar-refractivity contribution in [1.82, 2.24) is 0 Å². The van der Waals surface area contributed by atoms with Crippen molar-refractivity contribution < 1.29 is 9.18 Å². The molecule has 0 bridgehead atoms. The van der Waals surface area contributed by atoms with Crippen molar-refractivity contribution in [2.75, 3.05) is 0 Å². The molecule has 1 atom stereocenters. The minimum absolute atomic E-state index is 0.0946. The molecule has 16 heavy (non-hydrogen) atoms. The van der Waals surface area contributed by atoms with Crippen LogP contribution in [0.25, 0.3) is 0 Å². The summed E-state index contributed by atoms with van der Waals surface area (Å²) in [5, 5.41) is 0.158. The Labute approximate surface area is 99.6 Å². The van der Waals surface area contributed by atoms with Gasteiger partial charge < -0.3 is 0 Å². The molecule has 0 radical (unpaired) electrons. The topological polar surface area (TPSA) is 17.1 Å². The van der Waals surface area contributed by atoms with E-state index < -0.39 is 0 Å². The van der Waals surface area contributed by atoms with E-state index in [-0.39, 0.29) is 22.0 Å². The molecule has 1 fully saturated rings. The van der Waals surface area contributed by atoms with Crippen molar-refractivity contribution in [1.29, 1.82) is 0 Å². The third-order valence-corrected chi connectivity index (χ3v) is 3.57. The van der Waals surface area contributed by atoms with E-state index >= 15 is 0 Å². The zero-order valence-corrected chi connectivity index (χ0v) is 9.98. The minimum atomic E-state index is -0.343.